The van der Waals surface area contributed by atoms with Gasteiger partial charge in [-0.1, -0.05) is 63.0 Å². The lowest BCUT2D eigenvalue weighted by Gasteiger charge is -2.20. The fourth-order valence-electron chi connectivity index (χ4n) is 6.77. The summed E-state index contributed by atoms with van der Waals surface area (Å²) in [5, 5.41) is 27.6. The number of rotatable bonds is 15. The standard InChI is InChI=1S/C41H52N6O5SSi2/c1-28-10-13-32(14-11-28)53(49,50)47-25-33(35-16-17-43-46(35)27-52-19-21-55(7,8)9)38-37(29(2)22-30(3)39(38)47)40(48)41-44-34-15-12-31(24-42)23-36(34)45(41)26-51-18-20-54(4,5)6/h10-17,22-23,25,40,48H,18-21,26-27H2,1-9H3. The number of aryl methyl sites for hydroxylation is 3. The first-order valence-corrected chi connectivity index (χ1v) is 27.5. The summed E-state index contributed by atoms with van der Waals surface area (Å²) < 4.78 is 46.4. The largest absolute Gasteiger partial charge is 0.380 e. The van der Waals surface area contributed by atoms with Gasteiger partial charge in [0, 0.05) is 58.3 Å². The van der Waals surface area contributed by atoms with Gasteiger partial charge in [0.15, 0.2) is 0 Å². The van der Waals surface area contributed by atoms with E-state index in [9.17, 15) is 18.8 Å². The second kappa shape index (κ2) is 15.6. The zero-order valence-electron chi connectivity index (χ0n) is 33.3. The minimum Gasteiger partial charge on any atom is -0.380 e. The summed E-state index contributed by atoms with van der Waals surface area (Å²) in [5.74, 6) is 0.328. The molecule has 14 heteroatoms. The highest BCUT2D eigenvalue weighted by atomic mass is 32.2. The Balaban J connectivity index is 1.57. The molecule has 1 N–H and O–H groups in total. The molecule has 3 aromatic heterocycles. The lowest BCUT2D eigenvalue weighted by molar-refractivity contribution is 0.0798. The van der Waals surface area contributed by atoms with Gasteiger partial charge < -0.3 is 19.1 Å². The van der Waals surface area contributed by atoms with Gasteiger partial charge in [-0.25, -0.2) is 22.1 Å². The summed E-state index contributed by atoms with van der Waals surface area (Å²) >= 11 is 0. The molecule has 0 fully saturated rings. The van der Waals surface area contributed by atoms with E-state index in [0.29, 0.717) is 63.4 Å². The molecular formula is C41H52N6O5SSi2. The number of nitriles is 1. The molecule has 290 valence electrons. The normalized spacial score (nSPS) is 13.2. The molecule has 0 saturated carbocycles. The Morgan fingerprint density at radius 3 is 2.16 bits per heavy atom. The third-order valence-corrected chi connectivity index (χ3v) is 15.0. The molecule has 6 aromatic rings. The minimum atomic E-state index is -4.10. The van der Waals surface area contributed by atoms with Crippen molar-refractivity contribution in [3.8, 4) is 17.3 Å². The van der Waals surface area contributed by atoms with E-state index in [-0.39, 0.29) is 18.4 Å². The SMILES string of the molecule is Cc1ccc(S(=O)(=O)n2cc(-c3ccnn3COCC[Si](C)(C)C)c3c(C(O)c4nc5ccc(C#N)cc5n4COCC[Si](C)(C)C)c(C)cc(C)c32)cc1. The number of hydrogen-bond acceptors (Lipinski definition) is 8. The topological polar surface area (TPSA) is 137 Å². The number of aromatic nitrogens is 5. The number of aliphatic hydroxyl groups excluding tert-OH is 1. The van der Waals surface area contributed by atoms with Gasteiger partial charge >= 0.3 is 0 Å². The Morgan fingerprint density at radius 2 is 1.53 bits per heavy atom. The van der Waals surface area contributed by atoms with Crippen LogP contribution in [0.4, 0.5) is 0 Å². The van der Waals surface area contributed by atoms with Gasteiger partial charge in [0.2, 0.25) is 0 Å². The van der Waals surface area contributed by atoms with Crippen molar-refractivity contribution in [1.82, 2.24) is 23.3 Å². The van der Waals surface area contributed by atoms with Crippen LogP contribution in [0.2, 0.25) is 51.4 Å². The van der Waals surface area contributed by atoms with Crippen LogP contribution in [0.15, 0.2) is 71.9 Å². The summed E-state index contributed by atoms with van der Waals surface area (Å²) in [4.78, 5) is 5.08. The Kier molecular flexibility index (Phi) is 11.5. The first kappa shape index (κ1) is 40.3. The van der Waals surface area contributed by atoms with Crippen LogP contribution >= 0.6 is 0 Å². The summed E-state index contributed by atoms with van der Waals surface area (Å²) in [6, 6.07) is 20.0. The second-order valence-electron chi connectivity index (χ2n) is 16.8. The van der Waals surface area contributed by atoms with Crippen molar-refractivity contribution in [1.29, 1.82) is 5.26 Å². The maximum Gasteiger partial charge on any atom is 0.268 e. The summed E-state index contributed by atoms with van der Waals surface area (Å²) in [6.45, 7) is 20.9. The third-order valence-electron chi connectivity index (χ3n) is 9.90. The van der Waals surface area contributed by atoms with Gasteiger partial charge in [-0.05, 0) is 80.4 Å². The van der Waals surface area contributed by atoms with E-state index >= 15 is 0 Å². The smallest absolute Gasteiger partial charge is 0.268 e. The van der Waals surface area contributed by atoms with Gasteiger partial charge in [0.25, 0.3) is 10.0 Å². The maximum atomic E-state index is 14.6. The van der Waals surface area contributed by atoms with Gasteiger partial charge in [-0.15, -0.1) is 0 Å². The Hall–Kier alpha value is -4.37. The van der Waals surface area contributed by atoms with Crippen LogP contribution in [0.3, 0.4) is 0 Å². The van der Waals surface area contributed by atoms with Crippen molar-refractivity contribution in [2.75, 3.05) is 13.2 Å². The van der Waals surface area contributed by atoms with Gasteiger partial charge in [-0.2, -0.15) is 10.4 Å². The van der Waals surface area contributed by atoms with E-state index in [4.69, 9.17) is 14.5 Å². The molecule has 0 saturated heterocycles. The quantitative estimate of drug-likeness (QED) is 0.0806. The highest BCUT2D eigenvalue weighted by Crippen LogP contribution is 2.42. The zero-order chi connectivity index (χ0) is 39.9. The lowest BCUT2D eigenvalue weighted by Crippen LogP contribution is -2.22. The predicted octanol–water partition coefficient (Wildman–Crippen LogP) is 8.59. The van der Waals surface area contributed by atoms with Gasteiger partial charge in [-0.3, -0.25) is 0 Å². The second-order valence-corrected chi connectivity index (χ2v) is 29.9. The van der Waals surface area contributed by atoms with Crippen LogP contribution < -0.4 is 0 Å². The number of aliphatic hydroxyl groups is 1. The number of ether oxygens (including phenoxy) is 2. The minimum absolute atomic E-state index is 0.119. The lowest BCUT2D eigenvalue weighted by atomic mass is 9.93. The monoisotopic (exact) mass is 796 g/mol. The highest BCUT2D eigenvalue weighted by molar-refractivity contribution is 7.90. The molecule has 0 radical (unpaired) electrons. The number of fused-ring (bicyclic) bond motifs is 2. The van der Waals surface area contributed by atoms with Gasteiger partial charge in [0.1, 0.15) is 25.4 Å². The van der Waals surface area contributed by atoms with Crippen LogP contribution in [0.25, 0.3) is 33.2 Å². The number of nitrogens with zero attached hydrogens (tertiary/aromatic N) is 6. The van der Waals surface area contributed by atoms with Crippen LogP contribution in [-0.2, 0) is 33.0 Å². The molecule has 3 aromatic carbocycles. The molecule has 0 aliphatic rings. The van der Waals surface area contributed by atoms with E-state index in [2.05, 4.69) is 50.4 Å². The molecule has 11 nitrogen and oxygen atoms in total. The zero-order valence-corrected chi connectivity index (χ0v) is 36.2. The molecule has 3 heterocycles. The molecule has 0 aliphatic heterocycles. The molecule has 0 aliphatic carbocycles. The Bertz CT molecular complexity index is 2500. The predicted molar refractivity (Wildman–Crippen MR) is 223 cm³/mol. The molecule has 0 bridgehead atoms. The van der Waals surface area contributed by atoms with Crippen molar-refractivity contribution in [3.05, 3.63) is 101 Å². The van der Waals surface area contributed by atoms with Crippen molar-refractivity contribution in [2.45, 2.75) is 96.6 Å². The summed E-state index contributed by atoms with van der Waals surface area (Å²) in [6.07, 6.45) is 2.01. The first-order chi connectivity index (χ1) is 25.9. The molecular weight excluding hydrogens is 745 g/mol. The van der Waals surface area contributed by atoms with E-state index in [1.54, 1.807) is 59.5 Å². The van der Waals surface area contributed by atoms with Crippen LogP contribution in [0, 0.1) is 32.1 Å². The van der Waals surface area contributed by atoms with Crippen LogP contribution in [0.1, 0.15) is 39.7 Å². The molecule has 0 amide bonds. The van der Waals surface area contributed by atoms with E-state index in [1.165, 1.54) is 3.97 Å². The number of hydrogen-bond donors (Lipinski definition) is 1. The molecule has 55 heavy (non-hydrogen) atoms. The van der Waals surface area contributed by atoms with E-state index in [0.717, 1.165) is 28.8 Å². The van der Waals surface area contributed by atoms with Crippen LogP contribution in [0.5, 0.6) is 0 Å². The average molecular weight is 797 g/mol. The molecule has 1 unspecified atom stereocenters. The molecule has 0 spiro atoms. The fraction of sp³-hybridized carbons (Fsp3) is 0.390. The van der Waals surface area contributed by atoms with Crippen molar-refractivity contribution in [2.24, 2.45) is 0 Å². The average Bonchev–Trinajstić information content (AvgIpc) is 3.83. The van der Waals surface area contributed by atoms with Gasteiger partial charge in [0.05, 0.1) is 38.8 Å². The van der Waals surface area contributed by atoms with E-state index in [1.807, 2.05) is 37.5 Å². The summed E-state index contributed by atoms with van der Waals surface area (Å²) in [5.41, 5.74) is 6.36. The van der Waals surface area contributed by atoms with Crippen molar-refractivity contribution in [3.63, 3.8) is 0 Å². The number of benzene rings is 3. The Morgan fingerprint density at radius 1 is 0.873 bits per heavy atom. The third kappa shape index (κ3) is 8.57. The number of imidazole rings is 1. The first-order valence-electron chi connectivity index (χ1n) is 18.6. The molecule has 1 atom stereocenters. The highest BCUT2D eigenvalue weighted by Gasteiger charge is 2.31. The van der Waals surface area contributed by atoms with Crippen LogP contribution in [-0.4, -0.2) is 66.2 Å². The fourth-order valence-corrected chi connectivity index (χ4v) is 9.71. The maximum absolute atomic E-state index is 14.6. The Labute approximate surface area is 326 Å². The van der Waals surface area contributed by atoms with Crippen molar-refractivity contribution < 1.29 is 23.0 Å². The molecule has 6 rings (SSSR count). The van der Waals surface area contributed by atoms with E-state index < -0.39 is 32.3 Å². The van der Waals surface area contributed by atoms with Crippen molar-refractivity contribution >= 4 is 48.1 Å². The summed E-state index contributed by atoms with van der Waals surface area (Å²) in [7, 11) is -6.82.